The molecule has 88 valence electrons. The van der Waals surface area contributed by atoms with E-state index in [0.29, 0.717) is 17.6 Å². The first-order valence-corrected chi connectivity index (χ1v) is 6.60. The van der Waals surface area contributed by atoms with E-state index in [1.54, 1.807) is 0 Å². The quantitative estimate of drug-likeness (QED) is 0.683. The molecule has 0 saturated heterocycles. The number of hydrogen-bond donors (Lipinski definition) is 0. The maximum Gasteiger partial charge on any atom is 0.139 e. The van der Waals surface area contributed by atoms with Crippen molar-refractivity contribution in [2.24, 2.45) is 23.7 Å². The lowest BCUT2D eigenvalue weighted by Gasteiger charge is -2.29. The van der Waals surface area contributed by atoms with Crippen LogP contribution in [0, 0.1) is 23.7 Å². The van der Waals surface area contributed by atoms with Crippen molar-refractivity contribution in [1.82, 2.24) is 0 Å². The molecule has 0 aromatic carbocycles. The third kappa shape index (κ3) is 3.32. The molecular weight excluding hydrogens is 184 g/mol. The van der Waals surface area contributed by atoms with Crippen LogP contribution in [-0.2, 0) is 4.79 Å². The van der Waals surface area contributed by atoms with E-state index in [-0.39, 0.29) is 5.92 Å². The second-order valence-corrected chi connectivity index (χ2v) is 5.56. The zero-order valence-corrected chi connectivity index (χ0v) is 10.8. The van der Waals surface area contributed by atoms with Gasteiger partial charge in [-0.3, -0.25) is 4.79 Å². The van der Waals surface area contributed by atoms with Gasteiger partial charge < -0.3 is 0 Å². The Morgan fingerprint density at radius 2 is 1.67 bits per heavy atom. The first-order valence-electron chi connectivity index (χ1n) is 6.60. The Bertz CT molecular complexity index is 199. The molecule has 0 N–H and O–H groups in total. The van der Waals surface area contributed by atoms with Gasteiger partial charge in [-0.1, -0.05) is 34.1 Å². The molecular formula is C14H26O. The van der Waals surface area contributed by atoms with Crippen LogP contribution in [0.15, 0.2) is 0 Å². The zero-order valence-electron chi connectivity index (χ0n) is 10.8. The summed E-state index contributed by atoms with van der Waals surface area (Å²) in [5.74, 6) is 2.56. The average molecular weight is 210 g/mol. The second-order valence-electron chi connectivity index (χ2n) is 5.56. The van der Waals surface area contributed by atoms with Gasteiger partial charge in [0.15, 0.2) is 0 Å². The van der Waals surface area contributed by atoms with Gasteiger partial charge in [-0.05, 0) is 37.5 Å². The summed E-state index contributed by atoms with van der Waals surface area (Å²) in [5, 5.41) is 0. The SMILES string of the molecule is CCC1CCC(C(=O)C(C)C(C)C)CC1. The van der Waals surface area contributed by atoms with E-state index in [2.05, 4.69) is 27.7 Å². The van der Waals surface area contributed by atoms with Crippen LogP contribution < -0.4 is 0 Å². The van der Waals surface area contributed by atoms with Crippen LogP contribution in [0.4, 0.5) is 0 Å². The van der Waals surface area contributed by atoms with Gasteiger partial charge in [-0.2, -0.15) is 0 Å². The molecule has 1 aliphatic rings. The van der Waals surface area contributed by atoms with E-state index in [9.17, 15) is 4.79 Å². The average Bonchev–Trinajstić information content (AvgIpc) is 2.27. The minimum atomic E-state index is 0.258. The van der Waals surface area contributed by atoms with Gasteiger partial charge >= 0.3 is 0 Å². The lowest BCUT2D eigenvalue weighted by molar-refractivity contribution is -0.128. The smallest absolute Gasteiger partial charge is 0.139 e. The van der Waals surface area contributed by atoms with Crippen molar-refractivity contribution in [3.05, 3.63) is 0 Å². The second kappa shape index (κ2) is 5.67. The molecule has 0 spiro atoms. The van der Waals surface area contributed by atoms with Crippen LogP contribution in [0.1, 0.15) is 59.8 Å². The van der Waals surface area contributed by atoms with E-state index < -0.39 is 0 Å². The van der Waals surface area contributed by atoms with Crippen LogP contribution in [-0.4, -0.2) is 5.78 Å². The van der Waals surface area contributed by atoms with E-state index in [4.69, 9.17) is 0 Å². The van der Waals surface area contributed by atoms with Crippen molar-refractivity contribution in [2.75, 3.05) is 0 Å². The highest BCUT2D eigenvalue weighted by molar-refractivity contribution is 5.83. The highest BCUT2D eigenvalue weighted by atomic mass is 16.1. The highest BCUT2D eigenvalue weighted by Crippen LogP contribution is 2.33. The molecule has 1 atom stereocenters. The Morgan fingerprint density at radius 1 is 1.13 bits per heavy atom. The molecule has 1 heteroatoms. The van der Waals surface area contributed by atoms with Crippen LogP contribution in [0.3, 0.4) is 0 Å². The molecule has 0 bridgehead atoms. The predicted octanol–water partition coefficient (Wildman–Crippen LogP) is 4.06. The highest BCUT2D eigenvalue weighted by Gasteiger charge is 2.29. The first kappa shape index (κ1) is 12.7. The fourth-order valence-corrected chi connectivity index (χ4v) is 2.56. The van der Waals surface area contributed by atoms with Crippen LogP contribution in [0.25, 0.3) is 0 Å². The summed E-state index contributed by atoms with van der Waals surface area (Å²) in [7, 11) is 0. The van der Waals surface area contributed by atoms with E-state index in [1.165, 1.54) is 19.3 Å². The fourth-order valence-electron chi connectivity index (χ4n) is 2.56. The van der Waals surface area contributed by atoms with Gasteiger partial charge in [-0.25, -0.2) is 0 Å². The number of ketones is 1. The Labute approximate surface area is 94.6 Å². The standard InChI is InChI=1S/C14H26O/c1-5-12-6-8-13(9-7-12)14(15)11(4)10(2)3/h10-13H,5-9H2,1-4H3. The zero-order chi connectivity index (χ0) is 11.4. The Hall–Kier alpha value is -0.330. The van der Waals surface area contributed by atoms with Gasteiger partial charge in [0.05, 0.1) is 0 Å². The summed E-state index contributed by atoms with van der Waals surface area (Å²) in [4.78, 5) is 12.1. The first-order chi connectivity index (χ1) is 7.06. The van der Waals surface area contributed by atoms with Crippen molar-refractivity contribution < 1.29 is 4.79 Å². The molecule has 1 fully saturated rings. The predicted molar refractivity (Wildman–Crippen MR) is 64.7 cm³/mol. The maximum atomic E-state index is 12.1. The summed E-state index contributed by atoms with van der Waals surface area (Å²) >= 11 is 0. The topological polar surface area (TPSA) is 17.1 Å². The summed E-state index contributed by atoms with van der Waals surface area (Å²) in [6.45, 7) is 8.67. The minimum absolute atomic E-state index is 0.258. The van der Waals surface area contributed by atoms with E-state index in [1.807, 2.05) is 0 Å². The lowest BCUT2D eigenvalue weighted by atomic mass is 9.75. The van der Waals surface area contributed by atoms with Crippen molar-refractivity contribution in [2.45, 2.75) is 59.8 Å². The van der Waals surface area contributed by atoms with Gasteiger partial charge in [-0.15, -0.1) is 0 Å². The van der Waals surface area contributed by atoms with E-state index in [0.717, 1.165) is 18.8 Å². The molecule has 0 aliphatic heterocycles. The van der Waals surface area contributed by atoms with Crippen molar-refractivity contribution in [1.29, 1.82) is 0 Å². The molecule has 0 aromatic heterocycles. The number of Topliss-reactive ketones (excluding diaryl/α,β-unsaturated/α-hetero) is 1. The molecule has 0 heterocycles. The molecule has 15 heavy (non-hydrogen) atoms. The van der Waals surface area contributed by atoms with Gasteiger partial charge in [0.2, 0.25) is 0 Å². The molecule has 1 aliphatic carbocycles. The molecule has 0 aromatic rings. The third-order valence-corrected chi connectivity index (χ3v) is 4.28. The fraction of sp³-hybridized carbons (Fsp3) is 0.929. The van der Waals surface area contributed by atoms with Crippen molar-refractivity contribution in [3.63, 3.8) is 0 Å². The van der Waals surface area contributed by atoms with Gasteiger partial charge in [0.1, 0.15) is 5.78 Å². The van der Waals surface area contributed by atoms with Crippen LogP contribution in [0.2, 0.25) is 0 Å². The number of hydrogen-bond acceptors (Lipinski definition) is 1. The van der Waals surface area contributed by atoms with Gasteiger partial charge in [0, 0.05) is 11.8 Å². The van der Waals surface area contributed by atoms with Crippen molar-refractivity contribution in [3.8, 4) is 0 Å². The van der Waals surface area contributed by atoms with Crippen LogP contribution >= 0.6 is 0 Å². The molecule has 1 unspecified atom stereocenters. The minimum Gasteiger partial charge on any atom is -0.299 e. The molecule has 0 radical (unpaired) electrons. The Kier molecular flexibility index (Phi) is 4.82. The molecule has 0 amide bonds. The lowest BCUT2D eigenvalue weighted by Crippen LogP contribution is -2.28. The Balaban J connectivity index is 2.42. The summed E-state index contributed by atoms with van der Waals surface area (Å²) in [6.07, 6.45) is 6.14. The molecule has 1 rings (SSSR count). The number of carbonyl (C=O) groups excluding carboxylic acids is 1. The molecule has 1 saturated carbocycles. The van der Waals surface area contributed by atoms with Crippen LogP contribution in [0.5, 0.6) is 0 Å². The monoisotopic (exact) mass is 210 g/mol. The number of carbonyl (C=O) groups is 1. The maximum absolute atomic E-state index is 12.1. The molecule has 1 nitrogen and oxygen atoms in total. The van der Waals surface area contributed by atoms with E-state index >= 15 is 0 Å². The normalized spacial score (nSPS) is 29.1. The largest absolute Gasteiger partial charge is 0.299 e. The van der Waals surface area contributed by atoms with Crippen molar-refractivity contribution >= 4 is 5.78 Å². The third-order valence-electron chi connectivity index (χ3n) is 4.28. The number of rotatable bonds is 4. The summed E-state index contributed by atoms with van der Waals surface area (Å²) < 4.78 is 0. The van der Waals surface area contributed by atoms with Gasteiger partial charge in [0.25, 0.3) is 0 Å². The summed E-state index contributed by atoms with van der Waals surface area (Å²) in [5.41, 5.74) is 0. The summed E-state index contributed by atoms with van der Waals surface area (Å²) in [6, 6.07) is 0. The Morgan fingerprint density at radius 3 is 2.07 bits per heavy atom.